The van der Waals surface area contributed by atoms with Crippen molar-refractivity contribution in [3.63, 3.8) is 0 Å². The van der Waals surface area contributed by atoms with Crippen molar-refractivity contribution in [1.82, 2.24) is 20.0 Å². The highest BCUT2D eigenvalue weighted by atomic mass is 35.5. The number of hydrogen-bond acceptors (Lipinski definition) is 3. The molecule has 1 heterocycles. The van der Waals surface area contributed by atoms with Gasteiger partial charge in [0, 0.05) is 32.4 Å². The molecule has 0 spiro atoms. The minimum absolute atomic E-state index is 0. The number of amides is 1. The fourth-order valence-electron chi connectivity index (χ4n) is 1.88. The summed E-state index contributed by atoms with van der Waals surface area (Å²) in [5, 5.41) is 7.14. The smallest absolute Gasteiger partial charge is 0.244 e. The number of likely N-dealkylation sites (N-methyl/N-ethyl adjacent to an activating group) is 2. The summed E-state index contributed by atoms with van der Waals surface area (Å²) >= 11 is 0. The first-order valence-electron chi connectivity index (χ1n) is 5.86. The van der Waals surface area contributed by atoms with Crippen molar-refractivity contribution in [2.24, 2.45) is 13.0 Å². The molecule has 0 aliphatic heterocycles. The molecule has 0 aliphatic rings. The molecule has 0 bridgehead atoms. The molecule has 18 heavy (non-hydrogen) atoms. The number of hydrogen-bond donors (Lipinski definition) is 1. The van der Waals surface area contributed by atoms with Crippen molar-refractivity contribution in [1.29, 1.82) is 0 Å². The van der Waals surface area contributed by atoms with E-state index in [2.05, 4.69) is 24.3 Å². The molecule has 6 heteroatoms. The summed E-state index contributed by atoms with van der Waals surface area (Å²) in [4.78, 5) is 14.0. The van der Waals surface area contributed by atoms with Gasteiger partial charge in [-0.1, -0.05) is 13.8 Å². The molecular formula is C12H23ClN4O. The molecule has 0 saturated heterocycles. The van der Waals surface area contributed by atoms with Crippen LogP contribution in [0.3, 0.4) is 0 Å². The van der Waals surface area contributed by atoms with E-state index >= 15 is 0 Å². The number of carbonyl (C=O) groups is 1. The van der Waals surface area contributed by atoms with Gasteiger partial charge in [-0.05, 0) is 13.0 Å². The highest BCUT2D eigenvalue weighted by Crippen LogP contribution is 2.14. The van der Waals surface area contributed by atoms with E-state index in [-0.39, 0.29) is 24.4 Å². The zero-order valence-corrected chi connectivity index (χ0v) is 12.5. The summed E-state index contributed by atoms with van der Waals surface area (Å²) in [7, 11) is 5.47. The number of carbonyl (C=O) groups excluding carboxylic acids is 1. The summed E-state index contributed by atoms with van der Waals surface area (Å²) in [5.74, 6) is 0.546. The van der Waals surface area contributed by atoms with Crippen molar-refractivity contribution >= 4 is 18.3 Å². The molecular weight excluding hydrogens is 252 g/mol. The van der Waals surface area contributed by atoms with Crippen LogP contribution in [-0.4, -0.2) is 41.2 Å². The normalized spacial score (nSPS) is 12.1. The Balaban J connectivity index is 0.00000289. The topological polar surface area (TPSA) is 50.2 Å². The molecule has 1 atom stereocenters. The second-order valence-electron chi connectivity index (χ2n) is 4.78. The zero-order chi connectivity index (χ0) is 13.0. The van der Waals surface area contributed by atoms with Crippen molar-refractivity contribution in [2.75, 3.05) is 20.6 Å². The van der Waals surface area contributed by atoms with Crippen LogP contribution in [0.5, 0.6) is 0 Å². The molecule has 0 radical (unpaired) electrons. The zero-order valence-electron chi connectivity index (χ0n) is 11.7. The monoisotopic (exact) mass is 274 g/mol. The maximum Gasteiger partial charge on any atom is 0.244 e. The Kier molecular flexibility index (Phi) is 6.94. The van der Waals surface area contributed by atoms with Crippen LogP contribution in [0.4, 0.5) is 0 Å². The summed E-state index contributed by atoms with van der Waals surface area (Å²) < 4.78 is 1.70. The number of aromatic nitrogens is 2. The van der Waals surface area contributed by atoms with Gasteiger partial charge in [-0.25, -0.2) is 0 Å². The lowest BCUT2D eigenvalue weighted by Crippen LogP contribution is -2.39. The quantitative estimate of drug-likeness (QED) is 0.878. The highest BCUT2D eigenvalue weighted by Gasteiger charge is 2.23. The van der Waals surface area contributed by atoms with E-state index in [0.717, 1.165) is 12.1 Å². The van der Waals surface area contributed by atoms with Crippen LogP contribution in [-0.2, 0) is 11.8 Å². The first kappa shape index (κ1) is 16.9. The average molecular weight is 275 g/mol. The lowest BCUT2D eigenvalue weighted by molar-refractivity contribution is -0.132. The maximum absolute atomic E-state index is 12.2. The molecule has 0 aromatic carbocycles. The van der Waals surface area contributed by atoms with E-state index in [0.29, 0.717) is 5.92 Å². The Hall–Kier alpha value is -1.07. The van der Waals surface area contributed by atoms with Gasteiger partial charge in [0.15, 0.2) is 0 Å². The Morgan fingerprint density at radius 3 is 2.56 bits per heavy atom. The van der Waals surface area contributed by atoms with Crippen molar-refractivity contribution in [3.05, 3.63) is 18.0 Å². The molecule has 5 nitrogen and oxygen atoms in total. The first-order valence-corrected chi connectivity index (χ1v) is 5.86. The number of rotatable bonds is 5. The van der Waals surface area contributed by atoms with E-state index in [1.807, 2.05) is 20.3 Å². The second kappa shape index (κ2) is 7.38. The van der Waals surface area contributed by atoms with Gasteiger partial charge in [-0.2, -0.15) is 5.10 Å². The largest absolute Gasteiger partial charge is 0.344 e. The molecule has 104 valence electrons. The Labute approximate surface area is 115 Å². The van der Waals surface area contributed by atoms with Gasteiger partial charge in [0.25, 0.3) is 0 Å². The van der Waals surface area contributed by atoms with Crippen LogP contribution in [0.2, 0.25) is 0 Å². The van der Waals surface area contributed by atoms with Crippen LogP contribution in [0, 0.1) is 5.92 Å². The highest BCUT2D eigenvalue weighted by molar-refractivity contribution is 5.85. The van der Waals surface area contributed by atoms with Crippen molar-refractivity contribution in [2.45, 2.75) is 19.9 Å². The molecule has 1 aromatic rings. The second-order valence-corrected chi connectivity index (χ2v) is 4.78. The standard InChI is InChI=1S/C12H22N4O.ClH/c1-9(2)7-15(4)12(17)11(13-3)10-6-14-16(5)8-10;/h6,8-9,11,13H,7H2,1-5H3;1H. The molecule has 0 saturated carbocycles. The summed E-state index contributed by atoms with van der Waals surface area (Å²) in [5.41, 5.74) is 0.899. The molecule has 1 rings (SSSR count). The van der Waals surface area contributed by atoms with E-state index in [4.69, 9.17) is 0 Å². The van der Waals surface area contributed by atoms with E-state index < -0.39 is 0 Å². The number of aryl methyl sites for hydroxylation is 1. The van der Waals surface area contributed by atoms with Crippen molar-refractivity contribution in [3.8, 4) is 0 Å². The van der Waals surface area contributed by atoms with Gasteiger partial charge < -0.3 is 10.2 Å². The third-order valence-corrected chi connectivity index (χ3v) is 2.61. The van der Waals surface area contributed by atoms with Gasteiger partial charge >= 0.3 is 0 Å². The van der Waals surface area contributed by atoms with Crippen LogP contribution < -0.4 is 5.32 Å². The van der Waals surface area contributed by atoms with Gasteiger partial charge in [0.1, 0.15) is 6.04 Å². The van der Waals surface area contributed by atoms with Gasteiger partial charge in [0.2, 0.25) is 5.91 Å². The molecule has 1 N–H and O–H groups in total. The van der Waals surface area contributed by atoms with Gasteiger partial charge in [-0.3, -0.25) is 9.48 Å². The fraction of sp³-hybridized carbons (Fsp3) is 0.667. The van der Waals surface area contributed by atoms with Gasteiger partial charge in [-0.15, -0.1) is 12.4 Å². The van der Waals surface area contributed by atoms with Crippen molar-refractivity contribution < 1.29 is 4.79 Å². The fourth-order valence-corrected chi connectivity index (χ4v) is 1.88. The van der Waals surface area contributed by atoms with Crippen LogP contribution >= 0.6 is 12.4 Å². The summed E-state index contributed by atoms with van der Waals surface area (Å²) in [6.45, 7) is 4.96. The van der Waals surface area contributed by atoms with Gasteiger partial charge in [0.05, 0.1) is 6.20 Å². The first-order chi connectivity index (χ1) is 7.95. The molecule has 1 amide bonds. The van der Waals surface area contributed by atoms with Crippen LogP contribution in [0.15, 0.2) is 12.4 Å². The number of halogens is 1. The summed E-state index contributed by atoms with van der Waals surface area (Å²) in [6, 6.07) is -0.313. The Bertz CT molecular complexity index is 378. The van der Waals surface area contributed by atoms with E-state index in [1.165, 1.54) is 0 Å². The molecule has 0 aliphatic carbocycles. The predicted octanol–water partition coefficient (Wildman–Crippen LogP) is 1.22. The van der Waals surface area contributed by atoms with Crippen LogP contribution in [0.1, 0.15) is 25.5 Å². The Morgan fingerprint density at radius 2 is 2.17 bits per heavy atom. The minimum atomic E-state index is -0.313. The Morgan fingerprint density at radius 1 is 1.56 bits per heavy atom. The minimum Gasteiger partial charge on any atom is -0.344 e. The number of nitrogens with zero attached hydrogens (tertiary/aromatic N) is 3. The third kappa shape index (κ3) is 4.31. The SMILES string of the molecule is CNC(C(=O)N(C)CC(C)C)c1cnn(C)c1.Cl. The lowest BCUT2D eigenvalue weighted by atomic mass is 10.1. The van der Waals surface area contributed by atoms with Crippen LogP contribution in [0.25, 0.3) is 0 Å². The number of nitrogens with one attached hydrogen (secondary N) is 1. The maximum atomic E-state index is 12.2. The van der Waals surface area contributed by atoms with E-state index in [9.17, 15) is 4.79 Å². The van der Waals surface area contributed by atoms with E-state index in [1.54, 1.807) is 22.8 Å². The predicted molar refractivity (Wildman–Crippen MR) is 74.7 cm³/mol. The molecule has 1 aromatic heterocycles. The third-order valence-electron chi connectivity index (χ3n) is 2.61. The summed E-state index contributed by atoms with van der Waals surface area (Å²) in [6.07, 6.45) is 3.59. The molecule has 0 fully saturated rings. The average Bonchev–Trinajstić information content (AvgIpc) is 2.64. The lowest BCUT2D eigenvalue weighted by Gasteiger charge is -2.24. The molecule has 1 unspecified atom stereocenters.